The summed E-state index contributed by atoms with van der Waals surface area (Å²) >= 11 is 0. The van der Waals surface area contributed by atoms with Gasteiger partial charge in [0.25, 0.3) is 0 Å². The third-order valence-corrected chi connectivity index (χ3v) is 3.59. The fourth-order valence-corrected chi connectivity index (χ4v) is 2.29. The zero-order valence-corrected chi connectivity index (χ0v) is 11.9. The minimum atomic E-state index is -6.55. The van der Waals surface area contributed by atoms with Crippen LogP contribution in [0, 0.1) is 0 Å². The highest BCUT2D eigenvalue weighted by Gasteiger charge is 2.80. The molecule has 1 N–H and O–H groups in total. The molecule has 0 heterocycles. The Labute approximate surface area is 132 Å². The van der Waals surface area contributed by atoms with Crippen LogP contribution < -0.4 is 0 Å². The van der Waals surface area contributed by atoms with E-state index in [9.17, 15) is 35.8 Å². The van der Waals surface area contributed by atoms with Crippen LogP contribution in [0.25, 0.3) is 0 Å². The van der Waals surface area contributed by atoms with Gasteiger partial charge in [-0.05, 0) is 11.1 Å². The van der Waals surface area contributed by atoms with Crippen LogP contribution in [0.1, 0.15) is 11.1 Å². The smallest absolute Gasteiger partial charge is 0.374 e. The Hall–Kier alpha value is -2.09. The van der Waals surface area contributed by atoms with Crippen molar-refractivity contribution in [2.24, 2.45) is 0 Å². The number of benzene rings is 2. The lowest BCUT2D eigenvalue weighted by Gasteiger charge is -2.41. The normalized spacial score (nSPS) is 13.8. The molecule has 0 bridgehead atoms. The summed E-state index contributed by atoms with van der Waals surface area (Å²) in [5.41, 5.74) is -5.45. The van der Waals surface area contributed by atoms with E-state index in [1.165, 1.54) is 12.1 Å². The Bertz CT molecular complexity index is 641. The molecule has 0 amide bonds. The second-order valence-corrected chi connectivity index (χ2v) is 5.09. The largest absolute Gasteiger partial charge is 0.460 e. The maximum absolute atomic E-state index is 14.4. The Morgan fingerprint density at radius 3 is 1.17 bits per heavy atom. The van der Waals surface area contributed by atoms with Gasteiger partial charge in [0.15, 0.2) is 5.60 Å². The van der Waals surface area contributed by atoms with E-state index in [-0.39, 0.29) is 0 Å². The van der Waals surface area contributed by atoms with E-state index in [4.69, 9.17) is 0 Å². The molecule has 0 radical (unpaired) electrons. The topological polar surface area (TPSA) is 20.2 Å². The van der Waals surface area contributed by atoms with Crippen LogP contribution in [0.5, 0.6) is 0 Å². The maximum atomic E-state index is 14.4. The molecule has 24 heavy (non-hydrogen) atoms. The molecule has 130 valence electrons. The lowest BCUT2D eigenvalue weighted by atomic mass is 9.78. The summed E-state index contributed by atoms with van der Waals surface area (Å²) in [5.74, 6) is -12.3. The highest BCUT2D eigenvalue weighted by atomic mass is 19.4. The predicted molar refractivity (Wildman–Crippen MR) is 71.8 cm³/mol. The van der Waals surface area contributed by atoms with Gasteiger partial charge in [0.05, 0.1) is 0 Å². The zero-order valence-electron chi connectivity index (χ0n) is 11.9. The van der Waals surface area contributed by atoms with E-state index in [2.05, 4.69) is 0 Å². The molecule has 0 aromatic heterocycles. The summed E-state index contributed by atoms with van der Waals surface area (Å²) in [6, 6.07) is 10.7. The second kappa shape index (κ2) is 5.77. The molecule has 0 unspecified atom stereocenters. The number of alkyl halides is 7. The summed E-state index contributed by atoms with van der Waals surface area (Å²) in [6.45, 7) is 0. The van der Waals surface area contributed by atoms with Crippen molar-refractivity contribution in [3.8, 4) is 0 Å². The van der Waals surface area contributed by atoms with Crippen molar-refractivity contribution in [2.45, 2.75) is 23.6 Å². The van der Waals surface area contributed by atoms with Crippen LogP contribution in [0.2, 0.25) is 0 Å². The van der Waals surface area contributed by atoms with Gasteiger partial charge in [-0.25, -0.2) is 0 Å². The van der Waals surface area contributed by atoms with Gasteiger partial charge in [0.1, 0.15) is 0 Å². The minimum Gasteiger partial charge on any atom is -0.374 e. The molecule has 0 aliphatic rings. The van der Waals surface area contributed by atoms with E-state index in [0.29, 0.717) is 0 Å². The Morgan fingerprint density at radius 2 is 0.875 bits per heavy atom. The second-order valence-electron chi connectivity index (χ2n) is 5.09. The molecule has 1 nitrogen and oxygen atoms in total. The summed E-state index contributed by atoms with van der Waals surface area (Å²) in [4.78, 5) is 0. The molecule has 0 saturated heterocycles. The van der Waals surface area contributed by atoms with Gasteiger partial charge < -0.3 is 5.11 Å². The zero-order chi connectivity index (χ0) is 18.2. The molecule has 0 aliphatic heterocycles. The first kappa shape index (κ1) is 18.3. The van der Waals surface area contributed by atoms with Crippen molar-refractivity contribution in [3.63, 3.8) is 0 Å². The summed E-state index contributed by atoms with van der Waals surface area (Å²) in [5, 5.41) is 10.5. The first-order chi connectivity index (χ1) is 11.0. The molecule has 0 spiro atoms. The van der Waals surface area contributed by atoms with Crippen LogP contribution in [0.4, 0.5) is 30.7 Å². The van der Waals surface area contributed by atoms with Gasteiger partial charge in [-0.2, -0.15) is 30.7 Å². The molecular weight excluding hydrogens is 341 g/mol. The SMILES string of the molecule is OC(c1ccccc1)(c1ccccc1)C(F)(F)C(F)(F)C(F)(F)F. The van der Waals surface area contributed by atoms with E-state index in [0.717, 1.165) is 48.5 Å². The average molecular weight is 352 g/mol. The fraction of sp³-hybridized carbons (Fsp3) is 0.250. The maximum Gasteiger partial charge on any atom is 0.460 e. The highest BCUT2D eigenvalue weighted by Crippen LogP contribution is 2.56. The lowest BCUT2D eigenvalue weighted by Crippen LogP contribution is -2.63. The minimum absolute atomic E-state index is 0.787. The fourth-order valence-electron chi connectivity index (χ4n) is 2.29. The number of halogens is 7. The molecule has 2 aromatic carbocycles. The molecule has 2 aromatic rings. The average Bonchev–Trinajstić information content (AvgIpc) is 2.54. The summed E-state index contributed by atoms with van der Waals surface area (Å²) < 4.78 is 93.5. The summed E-state index contributed by atoms with van der Waals surface area (Å²) in [7, 11) is 0. The van der Waals surface area contributed by atoms with Crippen molar-refractivity contribution >= 4 is 0 Å². The highest BCUT2D eigenvalue weighted by molar-refractivity contribution is 5.40. The summed E-state index contributed by atoms with van der Waals surface area (Å²) in [6.07, 6.45) is -6.55. The van der Waals surface area contributed by atoms with Gasteiger partial charge >= 0.3 is 18.0 Å². The Morgan fingerprint density at radius 1 is 0.542 bits per heavy atom. The predicted octanol–water partition coefficient (Wildman–Crippen LogP) is 4.76. The van der Waals surface area contributed by atoms with Crippen molar-refractivity contribution < 1.29 is 35.8 Å². The first-order valence-electron chi connectivity index (χ1n) is 6.62. The van der Waals surface area contributed by atoms with Crippen LogP contribution in [0.15, 0.2) is 60.7 Å². The van der Waals surface area contributed by atoms with E-state index in [1.54, 1.807) is 0 Å². The van der Waals surface area contributed by atoms with Crippen LogP contribution >= 0.6 is 0 Å². The van der Waals surface area contributed by atoms with Gasteiger partial charge in [-0.15, -0.1) is 0 Å². The number of aliphatic hydroxyl groups is 1. The van der Waals surface area contributed by atoms with Gasteiger partial charge in [0, 0.05) is 0 Å². The third kappa shape index (κ3) is 2.54. The Balaban J connectivity index is 2.77. The third-order valence-electron chi connectivity index (χ3n) is 3.59. The Kier molecular flexibility index (Phi) is 4.39. The van der Waals surface area contributed by atoms with Gasteiger partial charge in [0.2, 0.25) is 0 Å². The van der Waals surface area contributed by atoms with E-state index < -0.39 is 34.7 Å². The quantitative estimate of drug-likeness (QED) is 0.787. The molecule has 0 atom stereocenters. The molecule has 0 saturated carbocycles. The first-order valence-corrected chi connectivity index (χ1v) is 6.62. The lowest BCUT2D eigenvalue weighted by molar-refractivity contribution is -0.385. The monoisotopic (exact) mass is 352 g/mol. The van der Waals surface area contributed by atoms with E-state index >= 15 is 0 Å². The van der Waals surface area contributed by atoms with Crippen LogP contribution in [-0.4, -0.2) is 23.1 Å². The number of hydrogen-bond donors (Lipinski definition) is 1. The molecule has 8 heteroatoms. The molecular formula is C16H11F7O. The van der Waals surface area contributed by atoms with Gasteiger partial charge in [-0.1, -0.05) is 60.7 Å². The molecule has 0 fully saturated rings. The van der Waals surface area contributed by atoms with Crippen molar-refractivity contribution in [2.75, 3.05) is 0 Å². The molecule has 2 rings (SSSR count). The van der Waals surface area contributed by atoms with Crippen molar-refractivity contribution in [1.82, 2.24) is 0 Å². The number of rotatable bonds is 4. The van der Waals surface area contributed by atoms with Crippen LogP contribution in [-0.2, 0) is 5.60 Å². The van der Waals surface area contributed by atoms with Crippen molar-refractivity contribution in [3.05, 3.63) is 71.8 Å². The standard InChI is InChI=1S/C16H11F7O/c17-14(18,15(19,20)16(21,22)23)13(24,11-7-3-1-4-8-11)12-9-5-2-6-10-12/h1-10,24H. The number of hydrogen-bond acceptors (Lipinski definition) is 1. The van der Waals surface area contributed by atoms with Crippen LogP contribution in [0.3, 0.4) is 0 Å². The van der Waals surface area contributed by atoms with E-state index in [1.807, 2.05) is 0 Å². The van der Waals surface area contributed by atoms with Gasteiger partial charge in [-0.3, -0.25) is 0 Å². The van der Waals surface area contributed by atoms with Crippen molar-refractivity contribution in [1.29, 1.82) is 0 Å². The molecule has 0 aliphatic carbocycles.